The van der Waals surface area contributed by atoms with Gasteiger partial charge in [0.25, 0.3) is 0 Å². The molecule has 0 aliphatic carbocycles. The number of nitrogens with one attached hydrogen (secondary N) is 2. The second kappa shape index (κ2) is 5.35. The van der Waals surface area contributed by atoms with Gasteiger partial charge in [-0.25, -0.2) is 14.5 Å². The van der Waals surface area contributed by atoms with E-state index in [2.05, 4.69) is 44.2 Å². The molecule has 2 N–H and O–H groups in total. The highest BCUT2D eigenvalue weighted by Crippen LogP contribution is 2.26. The van der Waals surface area contributed by atoms with Gasteiger partial charge in [-0.1, -0.05) is 6.92 Å². The summed E-state index contributed by atoms with van der Waals surface area (Å²) in [5.74, 6) is 0.637. The molecule has 4 heterocycles. The number of aromatic amines is 1. The SMILES string of the molecule is CC[C@H](C)Nc1ncc2c(-c3ccc4nccn4n3)c[nH]c2n1. The molecule has 4 aromatic rings. The van der Waals surface area contributed by atoms with Crippen LogP contribution < -0.4 is 5.32 Å². The molecule has 7 heteroatoms. The number of aromatic nitrogens is 6. The molecular weight excluding hydrogens is 290 g/mol. The summed E-state index contributed by atoms with van der Waals surface area (Å²) in [5, 5.41) is 8.81. The van der Waals surface area contributed by atoms with Crippen molar-refractivity contribution in [3.8, 4) is 11.3 Å². The molecule has 0 unspecified atom stereocenters. The smallest absolute Gasteiger partial charge is 0.224 e. The van der Waals surface area contributed by atoms with Gasteiger partial charge in [-0.15, -0.1) is 0 Å². The van der Waals surface area contributed by atoms with E-state index in [0.717, 1.165) is 34.4 Å². The maximum atomic E-state index is 4.57. The fourth-order valence-electron chi connectivity index (χ4n) is 2.47. The fraction of sp³-hybridized carbons (Fsp3) is 0.250. The topological polar surface area (TPSA) is 83.8 Å². The van der Waals surface area contributed by atoms with Gasteiger partial charge < -0.3 is 10.3 Å². The van der Waals surface area contributed by atoms with Crippen LogP contribution in [-0.2, 0) is 0 Å². The predicted octanol–water partition coefficient (Wildman–Crippen LogP) is 2.88. The highest BCUT2D eigenvalue weighted by molar-refractivity contribution is 5.92. The van der Waals surface area contributed by atoms with Gasteiger partial charge in [0.2, 0.25) is 5.95 Å². The molecule has 4 rings (SSSR count). The number of H-pyrrole nitrogens is 1. The number of hydrogen-bond donors (Lipinski definition) is 2. The first-order valence-electron chi connectivity index (χ1n) is 7.66. The monoisotopic (exact) mass is 307 g/mol. The van der Waals surface area contributed by atoms with E-state index in [-0.39, 0.29) is 0 Å². The van der Waals surface area contributed by atoms with E-state index < -0.39 is 0 Å². The fourth-order valence-corrected chi connectivity index (χ4v) is 2.47. The average molecular weight is 307 g/mol. The molecule has 7 nitrogen and oxygen atoms in total. The lowest BCUT2D eigenvalue weighted by molar-refractivity contribution is 0.754. The summed E-state index contributed by atoms with van der Waals surface area (Å²) in [6.07, 6.45) is 8.33. The minimum absolute atomic E-state index is 0.340. The molecule has 0 bridgehead atoms. The first kappa shape index (κ1) is 13.7. The number of hydrogen-bond acceptors (Lipinski definition) is 5. The van der Waals surface area contributed by atoms with Crippen LogP contribution in [0.4, 0.5) is 5.95 Å². The van der Waals surface area contributed by atoms with Gasteiger partial charge in [0, 0.05) is 41.8 Å². The molecule has 116 valence electrons. The van der Waals surface area contributed by atoms with Crippen molar-refractivity contribution < 1.29 is 0 Å². The second-order valence-corrected chi connectivity index (χ2v) is 5.56. The van der Waals surface area contributed by atoms with Crippen LogP contribution in [0.5, 0.6) is 0 Å². The van der Waals surface area contributed by atoms with Crippen molar-refractivity contribution in [2.24, 2.45) is 0 Å². The van der Waals surface area contributed by atoms with Crippen LogP contribution >= 0.6 is 0 Å². The van der Waals surface area contributed by atoms with Gasteiger partial charge in [-0.2, -0.15) is 10.1 Å². The Morgan fingerprint density at radius 2 is 2.22 bits per heavy atom. The van der Waals surface area contributed by atoms with Gasteiger partial charge in [-0.05, 0) is 25.5 Å². The Kier molecular flexibility index (Phi) is 3.18. The molecule has 0 amide bonds. The van der Waals surface area contributed by atoms with Crippen LogP contribution in [0.3, 0.4) is 0 Å². The summed E-state index contributed by atoms with van der Waals surface area (Å²) in [7, 11) is 0. The number of anilines is 1. The zero-order valence-electron chi connectivity index (χ0n) is 13.0. The van der Waals surface area contributed by atoms with E-state index in [1.54, 1.807) is 10.7 Å². The van der Waals surface area contributed by atoms with E-state index in [1.165, 1.54) is 0 Å². The van der Waals surface area contributed by atoms with Crippen LogP contribution in [0, 0.1) is 0 Å². The highest BCUT2D eigenvalue weighted by Gasteiger charge is 2.11. The molecule has 23 heavy (non-hydrogen) atoms. The normalized spacial score (nSPS) is 12.8. The minimum Gasteiger partial charge on any atom is -0.352 e. The molecular formula is C16H17N7. The molecule has 0 aliphatic heterocycles. The molecule has 0 fully saturated rings. The Labute approximate surface area is 132 Å². The highest BCUT2D eigenvalue weighted by atomic mass is 15.2. The Bertz CT molecular complexity index is 969. The zero-order chi connectivity index (χ0) is 15.8. The van der Waals surface area contributed by atoms with Crippen LogP contribution in [-0.4, -0.2) is 35.6 Å². The van der Waals surface area contributed by atoms with Crippen LogP contribution in [0.2, 0.25) is 0 Å². The maximum Gasteiger partial charge on any atom is 0.224 e. The van der Waals surface area contributed by atoms with Gasteiger partial charge >= 0.3 is 0 Å². The van der Waals surface area contributed by atoms with Crippen molar-refractivity contribution in [1.82, 2.24) is 29.5 Å². The molecule has 0 saturated carbocycles. The molecule has 4 aromatic heterocycles. The van der Waals surface area contributed by atoms with Gasteiger partial charge in [0.15, 0.2) is 5.65 Å². The van der Waals surface area contributed by atoms with E-state index in [1.807, 2.05) is 30.7 Å². The van der Waals surface area contributed by atoms with Crippen molar-refractivity contribution in [3.05, 3.63) is 36.9 Å². The lowest BCUT2D eigenvalue weighted by atomic mass is 10.2. The molecule has 0 aliphatic rings. The van der Waals surface area contributed by atoms with Crippen LogP contribution in [0.15, 0.2) is 36.9 Å². The first-order valence-corrected chi connectivity index (χ1v) is 7.66. The van der Waals surface area contributed by atoms with Crippen molar-refractivity contribution in [2.75, 3.05) is 5.32 Å². The summed E-state index contributed by atoms with van der Waals surface area (Å²) in [6.45, 7) is 4.23. The predicted molar refractivity (Wildman–Crippen MR) is 89.2 cm³/mol. The third kappa shape index (κ3) is 2.40. The Morgan fingerprint density at radius 1 is 1.30 bits per heavy atom. The van der Waals surface area contributed by atoms with Gasteiger partial charge in [0.05, 0.1) is 5.69 Å². The summed E-state index contributed by atoms with van der Waals surface area (Å²) in [4.78, 5) is 16.4. The third-order valence-electron chi connectivity index (χ3n) is 3.95. The molecule has 0 saturated heterocycles. The molecule has 0 aromatic carbocycles. The van der Waals surface area contributed by atoms with E-state index in [4.69, 9.17) is 0 Å². The van der Waals surface area contributed by atoms with Gasteiger partial charge in [0.1, 0.15) is 5.65 Å². The summed E-state index contributed by atoms with van der Waals surface area (Å²) < 4.78 is 1.76. The van der Waals surface area contributed by atoms with E-state index in [9.17, 15) is 0 Å². The number of fused-ring (bicyclic) bond motifs is 2. The van der Waals surface area contributed by atoms with Crippen molar-refractivity contribution in [2.45, 2.75) is 26.3 Å². The quantitative estimate of drug-likeness (QED) is 0.605. The Morgan fingerprint density at radius 3 is 3.09 bits per heavy atom. The zero-order valence-corrected chi connectivity index (χ0v) is 13.0. The Balaban J connectivity index is 1.75. The lowest BCUT2D eigenvalue weighted by Gasteiger charge is -2.10. The first-order chi connectivity index (χ1) is 11.2. The summed E-state index contributed by atoms with van der Waals surface area (Å²) in [5.41, 5.74) is 3.46. The van der Waals surface area contributed by atoms with Gasteiger partial charge in [-0.3, -0.25) is 0 Å². The third-order valence-corrected chi connectivity index (χ3v) is 3.95. The standard InChI is InChI=1S/C16H17N7/c1-3-10(2)20-16-19-9-12-11(8-18-15(12)21-16)13-4-5-14-17-6-7-23(14)22-13/h4-10H,3H2,1-2H3,(H2,18,19,20,21)/t10-/m0/s1. The summed E-state index contributed by atoms with van der Waals surface area (Å²) in [6, 6.07) is 4.24. The Hall–Kier alpha value is -2.96. The van der Waals surface area contributed by atoms with Crippen LogP contribution in [0.25, 0.3) is 27.9 Å². The molecule has 0 spiro atoms. The maximum absolute atomic E-state index is 4.57. The average Bonchev–Trinajstić information content (AvgIpc) is 3.19. The lowest BCUT2D eigenvalue weighted by Crippen LogP contribution is -2.15. The molecule has 0 radical (unpaired) electrons. The van der Waals surface area contributed by atoms with E-state index in [0.29, 0.717) is 12.0 Å². The van der Waals surface area contributed by atoms with Crippen LogP contribution in [0.1, 0.15) is 20.3 Å². The largest absolute Gasteiger partial charge is 0.352 e. The summed E-state index contributed by atoms with van der Waals surface area (Å²) >= 11 is 0. The van der Waals surface area contributed by atoms with Crippen molar-refractivity contribution in [1.29, 1.82) is 0 Å². The second-order valence-electron chi connectivity index (χ2n) is 5.56. The van der Waals surface area contributed by atoms with Crippen molar-refractivity contribution >= 4 is 22.6 Å². The number of nitrogens with zero attached hydrogens (tertiary/aromatic N) is 5. The molecule has 1 atom stereocenters. The van der Waals surface area contributed by atoms with E-state index >= 15 is 0 Å². The number of imidazole rings is 1. The van der Waals surface area contributed by atoms with Crippen molar-refractivity contribution in [3.63, 3.8) is 0 Å². The minimum atomic E-state index is 0.340. The number of rotatable bonds is 4.